The summed E-state index contributed by atoms with van der Waals surface area (Å²) in [6.07, 6.45) is 10.1. The number of imidazole rings is 1. The van der Waals surface area contributed by atoms with E-state index in [1.807, 2.05) is 44.6 Å². The van der Waals surface area contributed by atoms with E-state index in [0.717, 1.165) is 46.7 Å². The molecule has 4 aromatic heterocycles. The number of nitrogens with one attached hydrogen (secondary N) is 1. The largest absolute Gasteiger partial charge is 0.345 e. The molecule has 4 aromatic rings. The van der Waals surface area contributed by atoms with Crippen LogP contribution in [0.15, 0.2) is 42.9 Å². The fraction of sp³-hybridized carbons (Fsp3) is 0.348. The summed E-state index contributed by atoms with van der Waals surface area (Å²) in [6.45, 7) is 0.318. The van der Waals surface area contributed by atoms with Gasteiger partial charge in [-0.2, -0.15) is 5.10 Å². The van der Waals surface area contributed by atoms with Crippen LogP contribution in [0.25, 0.3) is 22.3 Å². The second kappa shape index (κ2) is 7.94. The van der Waals surface area contributed by atoms with E-state index in [1.54, 1.807) is 17.1 Å². The number of rotatable bonds is 5. The third-order valence-electron chi connectivity index (χ3n) is 5.99. The number of nitrogens with zero attached hydrogens (tertiary/aromatic N) is 6. The Morgan fingerprint density at radius 2 is 2.00 bits per heavy atom. The zero-order chi connectivity index (χ0) is 21.4. The van der Waals surface area contributed by atoms with Gasteiger partial charge in [0.1, 0.15) is 5.82 Å². The number of aryl methyl sites for hydroxylation is 2. The summed E-state index contributed by atoms with van der Waals surface area (Å²) in [6, 6.07) is 7.65. The Morgan fingerprint density at radius 1 is 1.16 bits per heavy atom. The number of hydrogen-bond donors (Lipinski definition) is 1. The van der Waals surface area contributed by atoms with Crippen LogP contribution in [0.5, 0.6) is 0 Å². The van der Waals surface area contributed by atoms with Crippen LogP contribution in [0.4, 0.5) is 0 Å². The number of pyridine rings is 2. The van der Waals surface area contributed by atoms with Gasteiger partial charge in [-0.05, 0) is 31.0 Å². The first kappa shape index (κ1) is 19.4. The fourth-order valence-corrected chi connectivity index (χ4v) is 4.44. The number of amides is 1. The maximum Gasteiger partial charge on any atom is 0.272 e. The van der Waals surface area contributed by atoms with Gasteiger partial charge in [-0.3, -0.25) is 14.5 Å². The van der Waals surface area contributed by atoms with E-state index in [-0.39, 0.29) is 5.91 Å². The average Bonchev–Trinajstić information content (AvgIpc) is 3.53. The van der Waals surface area contributed by atoms with Crippen molar-refractivity contribution in [3.05, 3.63) is 60.1 Å². The van der Waals surface area contributed by atoms with E-state index in [4.69, 9.17) is 4.98 Å². The van der Waals surface area contributed by atoms with Gasteiger partial charge in [0, 0.05) is 38.0 Å². The Bertz CT molecular complexity index is 1250. The van der Waals surface area contributed by atoms with Gasteiger partial charge < -0.3 is 9.88 Å². The van der Waals surface area contributed by atoms with E-state index in [2.05, 4.69) is 25.0 Å². The molecule has 158 valence electrons. The van der Waals surface area contributed by atoms with Crippen LogP contribution < -0.4 is 5.32 Å². The minimum atomic E-state index is -0.222. The molecule has 5 rings (SSSR count). The first-order chi connectivity index (χ1) is 15.1. The summed E-state index contributed by atoms with van der Waals surface area (Å²) in [5.41, 5.74) is 4.56. The highest BCUT2D eigenvalue weighted by atomic mass is 16.1. The third-order valence-corrected chi connectivity index (χ3v) is 5.99. The molecule has 1 N–H and O–H groups in total. The normalized spacial score (nSPS) is 14.4. The van der Waals surface area contributed by atoms with Crippen molar-refractivity contribution in [2.24, 2.45) is 14.1 Å². The molecule has 1 fully saturated rings. The standard InChI is InChI=1S/C23H25N7O/c1-29-14-16(12-26-29)18-9-5-8-17(27-18)13-25-23(31)20-21-19(10-11-24-20)28-22(30(21)2)15-6-3-4-7-15/h5,8-12,14-15H,3-4,6-7,13H2,1-2H3,(H,25,31). The zero-order valence-corrected chi connectivity index (χ0v) is 17.7. The van der Waals surface area contributed by atoms with Crippen LogP contribution in [0.2, 0.25) is 0 Å². The monoisotopic (exact) mass is 415 g/mol. The number of carbonyl (C=O) groups excluding carboxylic acids is 1. The van der Waals surface area contributed by atoms with Crippen molar-refractivity contribution in [1.82, 2.24) is 34.6 Å². The molecule has 0 atom stereocenters. The molecule has 0 radical (unpaired) electrons. The summed E-state index contributed by atoms with van der Waals surface area (Å²) in [5, 5.41) is 7.17. The highest BCUT2D eigenvalue weighted by Crippen LogP contribution is 2.35. The second-order valence-corrected chi connectivity index (χ2v) is 8.14. The molecule has 1 saturated carbocycles. The van der Waals surface area contributed by atoms with Crippen LogP contribution in [0, 0.1) is 0 Å². The van der Waals surface area contributed by atoms with Gasteiger partial charge in [-0.15, -0.1) is 0 Å². The minimum absolute atomic E-state index is 0.222. The second-order valence-electron chi connectivity index (χ2n) is 8.14. The first-order valence-electron chi connectivity index (χ1n) is 10.6. The van der Waals surface area contributed by atoms with Crippen LogP contribution in [0.1, 0.15) is 53.6 Å². The summed E-state index contributed by atoms with van der Waals surface area (Å²) in [7, 11) is 3.86. The third kappa shape index (κ3) is 3.69. The molecule has 1 amide bonds. The summed E-state index contributed by atoms with van der Waals surface area (Å²) < 4.78 is 3.79. The molecule has 0 aliphatic heterocycles. The Hall–Kier alpha value is -3.55. The molecule has 8 nitrogen and oxygen atoms in total. The maximum atomic E-state index is 13.0. The quantitative estimate of drug-likeness (QED) is 0.540. The summed E-state index contributed by atoms with van der Waals surface area (Å²) in [4.78, 5) is 26.9. The van der Waals surface area contributed by atoms with Crippen molar-refractivity contribution in [3.63, 3.8) is 0 Å². The molecule has 31 heavy (non-hydrogen) atoms. The minimum Gasteiger partial charge on any atom is -0.345 e. The number of fused-ring (bicyclic) bond motifs is 1. The lowest BCUT2D eigenvalue weighted by Gasteiger charge is -2.10. The Labute approximate surface area is 180 Å². The Morgan fingerprint density at radius 3 is 2.77 bits per heavy atom. The highest BCUT2D eigenvalue weighted by Gasteiger charge is 2.25. The molecular weight excluding hydrogens is 390 g/mol. The fourth-order valence-electron chi connectivity index (χ4n) is 4.44. The number of aromatic nitrogens is 6. The van der Waals surface area contributed by atoms with Crippen molar-refractivity contribution in [2.75, 3.05) is 0 Å². The molecule has 0 bridgehead atoms. The molecule has 8 heteroatoms. The van der Waals surface area contributed by atoms with Crippen LogP contribution in [0.3, 0.4) is 0 Å². The Balaban J connectivity index is 1.37. The highest BCUT2D eigenvalue weighted by molar-refractivity contribution is 6.03. The molecule has 0 spiro atoms. The lowest BCUT2D eigenvalue weighted by Crippen LogP contribution is -2.25. The van der Waals surface area contributed by atoms with Crippen molar-refractivity contribution in [1.29, 1.82) is 0 Å². The predicted molar refractivity (Wildman–Crippen MR) is 117 cm³/mol. The number of carbonyl (C=O) groups is 1. The molecule has 0 aromatic carbocycles. The van der Waals surface area contributed by atoms with Gasteiger partial charge in [0.15, 0.2) is 5.69 Å². The average molecular weight is 416 g/mol. The van der Waals surface area contributed by atoms with E-state index >= 15 is 0 Å². The van der Waals surface area contributed by atoms with Crippen molar-refractivity contribution in [2.45, 2.75) is 38.1 Å². The van der Waals surface area contributed by atoms with Crippen LogP contribution in [-0.2, 0) is 20.6 Å². The molecule has 0 saturated heterocycles. The molecule has 1 aliphatic carbocycles. The van der Waals surface area contributed by atoms with Gasteiger partial charge in [0.05, 0.1) is 35.2 Å². The molecular formula is C23H25N7O. The smallest absolute Gasteiger partial charge is 0.272 e. The number of hydrogen-bond acceptors (Lipinski definition) is 5. The molecule has 1 aliphatic rings. The zero-order valence-electron chi connectivity index (χ0n) is 17.7. The van der Waals surface area contributed by atoms with E-state index in [1.165, 1.54) is 12.8 Å². The molecule has 4 heterocycles. The van der Waals surface area contributed by atoms with Crippen molar-refractivity contribution >= 4 is 16.9 Å². The first-order valence-corrected chi connectivity index (χ1v) is 10.6. The SMILES string of the molecule is Cn1cc(-c2cccc(CNC(=O)c3nccc4nc(C5CCCC5)n(C)c34)n2)cn1. The molecule has 0 unspecified atom stereocenters. The Kier molecular flexibility index (Phi) is 4.97. The lowest BCUT2D eigenvalue weighted by molar-refractivity contribution is 0.0947. The lowest BCUT2D eigenvalue weighted by atomic mass is 10.1. The maximum absolute atomic E-state index is 13.0. The predicted octanol–water partition coefficient (Wildman–Crippen LogP) is 3.35. The van der Waals surface area contributed by atoms with Crippen molar-refractivity contribution < 1.29 is 4.79 Å². The van der Waals surface area contributed by atoms with Gasteiger partial charge in [-0.25, -0.2) is 9.97 Å². The topological polar surface area (TPSA) is 90.5 Å². The van der Waals surface area contributed by atoms with Gasteiger partial charge in [0.25, 0.3) is 5.91 Å². The van der Waals surface area contributed by atoms with Crippen LogP contribution in [-0.4, -0.2) is 35.2 Å². The summed E-state index contributed by atoms with van der Waals surface area (Å²) >= 11 is 0. The van der Waals surface area contributed by atoms with Gasteiger partial charge in [0.2, 0.25) is 0 Å². The van der Waals surface area contributed by atoms with Crippen molar-refractivity contribution in [3.8, 4) is 11.3 Å². The van der Waals surface area contributed by atoms with Crippen LogP contribution >= 0.6 is 0 Å². The van der Waals surface area contributed by atoms with Gasteiger partial charge in [-0.1, -0.05) is 18.9 Å². The summed E-state index contributed by atoms with van der Waals surface area (Å²) in [5.74, 6) is 1.30. The van der Waals surface area contributed by atoms with E-state index in [9.17, 15) is 4.79 Å². The van der Waals surface area contributed by atoms with E-state index in [0.29, 0.717) is 18.2 Å². The van der Waals surface area contributed by atoms with Gasteiger partial charge >= 0.3 is 0 Å². The van der Waals surface area contributed by atoms with E-state index < -0.39 is 0 Å².